The van der Waals surface area contributed by atoms with Crippen LogP contribution >= 0.6 is 12.2 Å². The normalized spacial score (nSPS) is 17.6. The van der Waals surface area contributed by atoms with E-state index >= 15 is 0 Å². The Hall–Kier alpha value is -1.13. The second-order valence-corrected chi connectivity index (χ2v) is 6.17. The minimum atomic E-state index is 0.619. The van der Waals surface area contributed by atoms with E-state index in [1.54, 1.807) is 0 Å². The molecular formula is C17H27N3S. The fourth-order valence-electron chi connectivity index (χ4n) is 2.60. The molecule has 1 fully saturated rings. The largest absolute Gasteiger partial charge is 0.346 e. The molecule has 4 heteroatoms. The van der Waals surface area contributed by atoms with Crippen molar-refractivity contribution in [2.45, 2.75) is 33.1 Å². The summed E-state index contributed by atoms with van der Waals surface area (Å²) in [5.41, 5.74) is 2.48. The van der Waals surface area contributed by atoms with Crippen LogP contribution in [0.2, 0.25) is 0 Å². The molecule has 116 valence electrons. The molecule has 1 unspecified atom stereocenters. The molecule has 0 aliphatic carbocycles. The summed E-state index contributed by atoms with van der Waals surface area (Å²) in [5, 5.41) is 4.22. The second kappa shape index (κ2) is 7.76. The Balaban J connectivity index is 1.88. The zero-order chi connectivity index (χ0) is 15.2. The predicted octanol–water partition coefficient (Wildman–Crippen LogP) is 3.53. The van der Waals surface area contributed by atoms with Gasteiger partial charge in [0, 0.05) is 31.9 Å². The van der Waals surface area contributed by atoms with Crippen LogP contribution in [0.3, 0.4) is 0 Å². The molecule has 1 heterocycles. The van der Waals surface area contributed by atoms with Gasteiger partial charge in [-0.15, -0.1) is 0 Å². The summed E-state index contributed by atoms with van der Waals surface area (Å²) in [7, 11) is 0. The van der Waals surface area contributed by atoms with E-state index in [4.69, 9.17) is 12.2 Å². The zero-order valence-corrected chi connectivity index (χ0v) is 14.2. The Bertz CT molecular complexity index is 450. The van der Waals surface area contributed by atoms with Crippen LogP contribution in [0.1, 0.15) is 38.7 Å². The first-order valence-corrected chi connectivity index (χ1v) is 8.43. The van der Waals surface area contributed by atoms with Crippen molar-refractivity contribution in [3.63, 3.8) is 0 Å². The average Bonchev–Trinajstić information content (AvgIpc) is 2.55. The highest BCUT2D eigenvalue weighted by atomic mass is 32.1. The van der Waals surface area contributed by atoms with Crippen LogP contribution < -0.4 is 5.32 Å². The van der Waals surface area contributed by atoms with Crippen LogP contribution in [-0.2, 0) is 0 Å². The Morgan fingerprint density at radius 3 is 2.29 bits per heavy atom. The third-order valence-corrected chi connectivity index (χ3v) is 4.81. The van der Waals surface area contributed by atoms with Gasteiger partial charge in [0.1, 0.15) is 0 Å². The molecule has 2 rings (SSSR count). The number of nitrogens with zero attached hydrogens (tertiary/aromatic N) is 2. The zero-order valence-electron chi connectivity index (χ0n) is 13.4. The van der Waals surface area contributed by atoms with Crippen molar-refractivity contribution < 1.29 is 0 Å². The Kier molecular flexibility index (Phi) is 6.00. The number of piperazine rings is 1. The fourth-order valence-corrected chi connectivity index (χ4v) is 2.90. The summed E-state index contributed by atoms with van der Waals surface area (Å²) < 4.78 is 0. The van der Waals surface area contributed by atoms with Gasteiger partial charge in [-0.25, -0.2) is 0 Å². The van der Waals surface area contributed by atoms with Gasteiger partial charge in [-0.3, -0.25) is 0 Å². The van der Waals surface area contributed by atoms with Crippen molar-refractivity contribution in [1.82, 2.24) is 9.80 Å². The van der Waals surface area contributed by atoms with Gasteiger partial charge in [0.2, 0.25) is 0 Å². The maximum absolute atomic E-state index is 5.53. The molecule has 1 aromatic rings. The van der Waals surface area contributed by atoms with Crippen LogP contribution in [-0.4, -0.2) is 47.6 Å². The lowest BCUT2D eigenvalue weighted by atomic mass is 9.99. The van der Waals surface area contributed by atoms with Gasteiger partial charge in [-0.2, -0.15) is 0 Å². The van der Waals surface area contributed by atoms with Crippen LogP contribution in [0, 0.1) is 0 Å². The number of hydrogen-bond acceptors (Lipinski definition) is 2. The van der Waals surface area contributed by atoms with E-state index in [1.807, 2.05) is 0 Å². The molecule has 1 aromatic carbocycles. The molecule has 21 heavy (non-hydrogen) atoms. The first-order valence-electron chi connectivity index (χ1n) is 8.02. The summed E-state index contributed by atoms with van der Waals surface area (Å²) in [6, 6.07) is 8.68. The van der Waals surface area contributed by atoms with Crippen LogP contribution in [0.15, 0.2) is 24.3 Å². The molecule has 3 nitrogen and oxygen atoms in total. The van der Waals surface area contributed by atoms with Gasteiger partial charge < -0.3 is 15.1 Å². The molecule has 1 aliphatic heterocycles. The molecule has 0 radical (unpaired) electrons. The van der Waals surface area contributed by atoms with Gasteiger partial charge in [0.25, 0.3) is 0 Å². The monoisotopic (exact) mass is 305 g/mol. The number of rotatable bonds is 4. The number of nitrogens with one attached hydrogen (secondary N) is 1. The van der Waals surface area contributed by atoms with Gasteiger partial charge in [0.05, 0.1) is 0 Å². The number of thiocarbonyl (C=S) groups is 1. The molecule has 0 saturated carbocycles. The van der Waals surface area contributed by atoms with Crippen molar-refractivity contribution in [2.75, 3.05) is 38.0 Å². The molecule has 0 spiro atoms. The standard InChI is InChI=1S/C17H27N3S/c1-4-14(3)15-6-8-16(9-7-15)18-17(21)20-12-10-19(5-2)11-13-20/h6-9,14H,4-5,10-13H2,1-3H3,(H,18,21). The van der Waals surface area contributed by atoms with Crippen molar-refractivity contribution in [3.05, 3.63) is 29.8 Å². The minimum absolute atomic E-state index is 0.619. The van der Waals surface area contributed by atoms with Gasteiger partial charge in [0.15, 0.2) is 5.11 Å². The average molecular weight is 305 g/mol. The van der Waals surface area contributed by atoms with Crippen LogP contribution in [0.5, 0.6) is 0 Å². The lowest BCUT2D eigenvalue weighted by Gasteiger charge is -2.35. The highest BCUT2D eigenvalue weighted by molar-refractivity contribution is 7.80. The molecule has 1 N–H and O–H groups in total. The Morgan fingerprint density at radius 1 is 1.14 bits per heavy atom. The first-order chi connectivity index (χ1) is 10.1. The van der Waals surface area contributed by atoms with E-state index in [1.165, 1.54) is 12.0 Å². The quantitative estimate of drug-likeness (QED) is 0.857. The summed E-state index contributed by atoms with van der Waals surface area (Å²) in [6.45, 7) is 12.1. The first kappa shape index (κ1) is 16.2. The van der Waals surface area contributed by atoms with Gasteiger partial charge >= 0.3 is 0 Å². The molecular weight excluding hydrogens is 278 g/mol. The summed E-state index contributed by atoms with van der Waals surface area (Å²) in [4.78, 5) is 4.73. The summed E-state index contributed by atoms with van der Waals surface area (Å²) in [6.07, 6.45) is 1.17. The van der Waals surface area contributed by atoms with Crippen LogP contribution in [0.25, 0.3) is 0 Å². The van der Waals surface area contributed by atoms with Crippen molar-refractivity contribution in [3.8, 4) is 0 Å². The smallest absolute Gasteiger partial charge is 0.173 e. The number of anilines is 1. The Labute approximate surface area is 134 Å². The molecule has 1 atom stereocenters. The number of hydrogen-bond donors (Lipinski definition) is 1. The van der Waals surface area contributed by atoms with Crippen LogP contribution in [0.4, 0.5) is 5.69 Å². The van der Waals surface area contributed by atoms with Crippen molar-refractivity contribution >= 4 is 23.0 Å². The van der Waals surface area contributed by atoms with Gasteiger partial charge in [-0.1, -0.05) is 32.9 Å². The molecule has 0 bridgehead atoms. The number of likely N-dealkylation sites (N-methyl/N-ethyl adjacent to an activating group) is 1. The molecule has 1 saturated heterocycles. The fraction of sp³-hybridized carbons (Fsp3) is 0.588. The second-order valence-electron chi connectivity index (χ2n) is 5.78. The van der Waals surface area contributed by atoms with E-state index < -0.39 is 0 Å². The lowest BCUT2D eigenvalue weighted by molar-refractivity contribution is 0.191. The van der Waals surface area contributed by atoms with E-state index in [2.05, 4.69) is 60.2 Å². The lowest BCUT2D eigenvalue weighted by Crippen LogP contribution is -2.49. The SMILES string of the molecule is CCC(C)c1ccc(NC(=S)N2CCN(CC)CC2)cc1. The number of benzene rings is 1. The third kappa shape index (κ3) is 4.42. The van der Waals surface area contributed by atoms with E-state index in [9.17, 15) is 0 Å². The molecule has 1 aliphatic rings. The Morgan fingerprint density at radius 2 is 1.76 bits per heavy atom. The summed E-state index contributed by atoms with van der Waals surface area (Å²) in [5.74, 6) is 0.619. The summed E-state index contributed by atoms with van der Waals surface area (Å²) >= 11 is 5.53. The highest BCUT2D eigenvalue weighted by Crippen LogP contribution is 2.20. The van der Waals surface area contributed by atoms with Crippen molar-refractivity contribution in [1.29, 1.82) is 0 Å². The highest BCUT2D eigenvalue weighted by Gasteiger charge is 2.17. The van der Waals surface area contributed by atoms with Crippen molar-refractivity contribution in [2.24, 2.45) is 0 Å². The minimum Gasteiger partial charge on any atom is -0.346 e. The van der Waals surface area contributed by atoms with Gasteiger partial charge in [-0.05, 0) is 48.8 Å². The topological polar surface area (TPSA) is 18.5 Å². The predicted molar refractivity (Wildman–Crippen MR) is 95.1 cm³/mol. The van der Waals surface area contributed by atoms with E-state index in [-0.39, 0.29) is 0 Å². The molecule has 0 amide bonds. The van der Waals surface area contributed by atoms with E-state index in [0.29, 0.717) is 5.92 Å². The van der Waals surface area contributed by atoms with E-state index in [0.717, 1.165) is 43.5 Å². The maximum Gasteiger partial charge on any atom is 0.173 e. The third-order valence-electron chi connectivity index (χ3n) is 4.45. The maximum atomic E-state index is 5.53. The molecule has 0 aromatic heterocycles.